The average molecular weight is 257 g/mol. The second kappa shape index (κ2) is 4.13. The monoisotopic (exact) mass is 257 g/mol. The van der Waals surface area contributed by atoms with Gasteiger partial charge in [-0.25, -0.2) is 14.5 Å². The number of carboxylic acid groups (broad SMARTS) is 1. The lowest BCUT2D eigenvalue weighted by atomic mass is 10.3. The van der Waals surface area contributed by atoms with E-state index in [0.29, 0.717) is 4.68 Å². The molecular formula is C10H6F3N3O2. The van der Waals surface area contributed by atoms with Crippen LogP contribution in [0.5, 0.6) is 0 Å². The van der Waals surface area contributed by atoms with Crippen LogP contribution in [0, 0.1) is 0 Å². The van der Waals surface area contributed by atoms with Crippen molar-refractivity contribution in [3.05, 3.63) is 41.9 Å². The van der Waals surface area contributed by atoms with E-state index in [4.69, 9.17) is 5.11 Å². The number of rotatable bonds is 2. The second-order valence-corrected chi connectivity index (χ2v) is 3.34. The lowest BCUT2D eigenvalue weighted by Crippen LogP contribution is -2.14. The van der Waals surface area contributed by atoms with Crippen molar-refractivity contribution in [1.29, 1.82) is 0 Å². The zero-order valence-electron chi connectivity index (χ0n) is 8.72. The van der Waals surface area contributed by atoms with Gasteiger partial charge in [0.25, 0.3) is 0 Å². The second-order valence-electron chi connectivity index (χ2n) is 3.34. The van der Waals surface area contributed by atoms with Gasteiger partial charge >= 0.3 is 12.1 Å². The first-order chi connectivity index (χ1) is 8.39. The van der Waals surface area contributed by atoms with Gasteiger partial charge in [-0.2, -0.15) is 18.3 Å². The van der Waals surface area contributed by atoms with E-state index in [1.54, 1.807) is 0 Å². The lowest BCUT2D eigenvalue weighted by molar-refractivity contribution is -0.142. The molecule has 0 unspecified atom stereocenters. The smallest absolute Gasteiger partial charge is 0.433 e. The highest BCUT2D eigenvalue weighted by Crippen LogP contribution is 2.29. The van der Waals surface area contributed by atoms with Gasteiger partial charge in [0.15, 0.2) is 5.82 Å². The fraction of sp³-hybridized carbons (Fsp3) is 0.100. The lowest BCUT2D eigenvalue weighted by Gasteiger charge is -2.09. The minimum absolute atomic E-state index is 0.0997. The molecule has 0 aromatic carbocycles. The number of aromatic nitrogens is 3. The van der Waals surface area contributed by atoms with Crippen LogP contribution in [-0.2, 0) is 6.18 Å². The van der Waals surface area contributed by atoms with E-state index in [0.717, 1.165) is 30.6 Å². The highest BCUT2D eigenvalue weighted by atomic mass is 19.4. The molecule has 0 amide bonds. The number of nitrogens with zero attached hydrogens (tertiary/aromatic N) is 3. The van der Waals surface area contributed by atoms with Crippen molar-refractivity contribution in [2.45, 2.75) is 6.18 Å². The summed E-state index contributed by atoms with van der Waals surface area (Å²) in [4.78, 5) is 14.2. The predicted molar refractivity (Wildman–Crippen MR) is 53.3 cm³/mol. The molecule has 18 heavy (non-hydrogen) atoms. The number of carbonyl (C=O) groups is 1. The maximum absolute atomic E-state index is 12.6. The van der Waals surface area contributed by atoms with Crippen LogP contribution in [0.2, 0.25) is 0 Å². The van der Waals surface area contributed by atoms with Gasteiger partial charge in [-0.3, -0.25) is 0 Å². The Bertz CT molecular complexity index is 575. The van der Waals surface area contributed by atoms with E-state index >= 15 is 0 Å². The van der Waals surface area contributed by atoms with E-state index in [9.17, 15) is 18.0 Å². The van der Waals surface area contributed by atoms with Gasteiger partial charge in [0, 0.05) is 6.20 Å². The van der Waals surface area contributed by atoms with Crippen molar-refractivity contribution in [2.24, 2.45) is 0 Å². The van der Waals surface area contributed by atoms with Crippen molar-refractivity contribution >= 4 is 5.97 Å². The summed E-state index contributed by atoms with van der Waals surface area (Å²) in [6.07, 6.45) is -2.58. The Kier molecular flexibility index (Phi) is 2.77. The predicted octanol–water partition coefficient (Wildman–Crippen LogP) is 1.98. The number of carboxylic acids is 1. The highest BCUT2D eigenvalue weighted by molar-refractivity contribution is 5.87. The number of hydrogen-bond donors (Lipinski definition) is 1. The molecule has 2 aromatic heterocycles. The molecular weight excluding hydrogens is 251 g/mol. The van der Waals surface area contributed by atoms with Gasteiger partial charge in [0.2, 0.25) is 0 Å². The number of alkyl halides is 3. The Labute approximate surface area is 98.5 Å². The Morgan fingerprint density at radius 2 is 2.00 bits per heavy atom. The van der Waals surface area contributed by atoms with Crippen LogP contribution in [0.3, 0.4) is 0 Å². The maximum Gasteiger partial charge on any atom is 0.433 e. The number of aromatic carboxylic acids is 1. The van der Waals surface area contributed by atoms with E-state index in [2.05, 4.69) is 10.1 Å². The molecule has 5 nitrogen and oxygen atoms in total. The summed E-state index contributed by atoms with van der Waals surface area (Å²) in [5, 5.41) is 12.2. The molecule has 0 aliphatic rings. The SMILES string of the molecule is O=C(O)c1ccc(-n2nccc2C(F)(F)F)nc1. The van der Waals surface area contributed by atoms with E-state index < -0.39 is 17.8 Å². The van der Waals surface area contributed by atoms with Crippen LogP contribution in [0.15, 0.2) is 30.6 Å². The molecule has 2 aromatic rings. The third-order valence-electron chi connectivity index (χ3n) is 2.14. The first-order valence-electron chi connectivity index (χ1n) is 4.70. The molecule has 0 saturated carbocycles. The van der Waals surface area contributed by atoms with Crippen LogP contribution < -0.4 is 0 Å². The molecule has 0 fully saturated rings. The summed E-state index contributed by atoms with van der Waals surface area (Å²) in [5.41, 5.74) is -1.09. The van der Waals surface area contributed by atoms with E-state index in [1.807, 2.05) is 0 Å². The summed E-state index contributed by atoms with van der Waals surface area (Å²) in [6.45, 7) is 0. The van der Waals surface area contributed by atoms with Crippen molar-refractivity contribution in [1.82, 2.24) is 14.8 Å². The van der Waals surface area contributed by atoms with Crippen LogP contribution in [-0.4, -0.2) is 25.8 Å². The molecule has 0 radical (unpaired) electrons. The number of pyridine rings is 1. The summed E-state index contributed by atoms with van der Waals surface area (Å²) < 4.78 is 38.4. The fourth-order valence-electron chi connectivity index (χ4n) is 1.34. The van der Waals surface area contributed by atoms with Crippen LogP contribution >= 0.6 is 0 Å². The Hall–Kier alpha value is -2.38. The highest BCUT2D eigenvalue weighted by Gasteiger charge is 2.35. The molecule has 0 spiro atoms. The van der Waals surface area contributed by atoms with Crippen LogP contribution in [0.4, 0.5) is 13.2 Å². The van der Waals surface area contributed by atoms with Gasteiger partial charge in [0.05, 0.1) is 11.8 Å². The maximum atomic E-state index is 12.6. The summed E-state index contributed by atoms with van der Waals surface area (Å²) in [7, 11) is 0. The van der Waals surface area contributed by atoms with Crippen molar-refractivity contribution in [3.8, 4) is 5.82 Å². The molecule has 0 aliphatic carbocycles. The van der Waals surface area contributed by atoms with E-state index in [-0.39, 0.29) is 11.4 Å². The van der Waals surface area contributed by atoms with Gasteiger partial charge in [0.1, 0.15) is 5.69 Å². The molecule has 0 saturated heterocycles. The molecule has 0 bridgehead atoms. The molecule has 2 heterocycles. The summed E-state index contributed by atoms with van der Waals surface area (Å²) >= 11 is 0. The zero-order chi connectivity index (χ0) is 13.3. The minimum atomic E-state index is -4.55. The Morgan fingerprint density at radius 1 is 1.28 bits per heavy atom. The Balaban J connectivity index is 2.44. The minimum Gasteiger partial charge on any atom is -0.478 e. The third kappa shape index (κ3) is 2.17. The first-order valence-corrected chi connectivity index (χ1v) is 4.70. The molecule has 8 heteroatoms. The molecule has 2 rings (SSSR count). The van der Waals surface area contributed by atoms with Gasteiger partial charge < -0.3 is 5.11 Å². The largest absolute Gasteiger partial charge is 0.478 e. The van der Waals surface area contributed by atoms with Gasteiger partial charge in [-0.05, 0) is 18.2 Å². The normalized spacial score (nSPS) is 11.5. The molecule has 0 aliphatic heterocycles. The zero-order valence-corrected chi connectivity index (χ0v) is 8.72. The van der Waals surface area contributed by atoms with Crippen molar-refractivity contribution in [3.63, 3.8) is 0 Å². The summed E-state index contributed by atoms with van der Waals surface area (Å²) in [5.74, 6) is -1.30. The molecule has 1 N–H and O–H groups in total. The van der Waals surface area contributed by atoms with E-state index in [1.165, 1.54) is 0 Å². The van der Waals surface area contributed by atoms with Crippen molar-refractivity contribution < 1.29 is 23.1 Å². The third-order valence-corrected chi connectivity index (χ3v) is 2.14. The van der Waals surface area contributed by atoms with Crippen molar-refractivity contribution in [2.75, 3.05) is 0 Å². The molecule has 0 atom stereocenters. The molecule has 94 valence electrons. The average Bonchev–Trinajstić information content (AvgIpc) is 2.77. The standard InChI is InChI=1S/C10H6F3N3O2/c11-10(12,13)7-3-4-15-16(7)8-2-1-6(5-14-8)9(17)18/h1-5H,(H,17,18). The topological polar surface area (TPSA) is 68.0 Å². The van der Waals surface area contributed by atoms with Gasteiger partial charge in [-0.1, -0.05) is 0 Å². The van der Waals surface area contributed by atoms with Crippen LogP contribution in [0.25, 0.3) is 5.82 Å². The number of halogens is 3. The van der Waals surface area contributed by atoms with Crippen LogP contribution in [0.1, 0.15) is 16.1 Å². The Morgan fingerprint density at radius 3 is 2.50 bits per heavy atom. The first kappa shape index (κ1) is 12.1. The summed E-state index contributed by atoms with van der Waals surface area (Å²) in [6, 6.07) is 3.13. The van der Waals surface area contributed by atoms with Gasteiger partial charge in [-0.15, -0.1) is 0 Å². The quantitative estimate of drug-likeness (QED) is 0.893. The number of hydrogen-bond acceptors (Lipinski definition) is 3. The fourth-order valence-corrected chi connectivity index (χ4v) is 1.34.